The van der Waals surface area contributed by atoms with Crippen molar-refractivity contribution in [1.29, 1.82) is 5.26 Å². The molecule has 0 heterocycles. The van der Waals surface area contributed by atoms with Crippen LogP contribution in [0.5, 0.6) is 0 Å². The first kappa shape index (κ1) is 15.3. The molecule has 0 saturated carbocycles. The molecule has 21 heavy (non-hydrogen) atoms. The first-order chi connectivity index (χ1) is 10.0. The number of nitro groups is 1. The first-order valence-corrected chi connectivity index (χ1v) is 7.04. The number of nitro benzene ring substituents is 1. The molecule has 0 unspecified atom stereocenters. The summed E-state index contributed by atoms with van der Waals surface area (Å²) in [5.74, 6) is 0. The molecule has 0 saturated heterocycles. The van der Waals surface area contributed by atoms with Crippen LogP contribution in [0.25, 0.3) is 0 Å². The van der Waals surface area contributed by atoms with Crippen molar-refractivity contribution in [1.82, 2.24) is 0 Å². The standard InChI is InChI=1S/C14H9BrClN3O2/c15-12-3-1-9(5-14(12)19(20)21)8-18-11-2-4-13(16)10(6-11)7-17/h1-6,18H,8H2. The highest BCUT2D eigenvalue weighted by molar-refractivity contribution is 9.10. The second kappa shape index (κ2) is 6.57. The first-order valence-electron chi connectivity index (χ1n) is 5.87. The van der Waals surface area contributed by atoms with Crippen molar-refractivity contribution in [2.24, 2.45) is 0 Å². The maximum atomic E-state index is 10.9. The van der Waals surface area contributed by atoms with Gasteiger partial charge in [-0.05, 0) is 45.8 Å². The van der Waals surface area contributed by atoms with Gasteiger partial charge in [-0.3, -0.25) is 10.1 Å². The molecule has 2 rings (SSSR count). The fourth-order valence-corrected chi connectivity index (χ4v) is 2.28. The van der Waals surface area contributed by atoms with E-state index in [0.29, 0.717) is 21.6 Å². The van der Waals surface area contributed by atoms with Gasteiger partial charge in [0.2, 0.25) is 0 Å². The lowest BCUT2D eigenvalue weighted by molar-refractivity contribution is -0.385. The van der Waals surface area contributed by atoms with E-state index in [2.05, 4.69) is 21.2 Å². The maximum absolute atomic E-state index is 10.9. The number of hydrogen-bond acceptors (Lipinski definition) is 4. The van der Waals surface area contributed by atoms with Gasteiger partial charge in [-0.25, -0.2) is 0 Å². The second-order valence-corrected chi connectivity index (χ2v) is 5.46. The molecule has 0 amide bonds. The van der Waals surface area contributed by atoms with Crippen molar-refractivity contribution in [2.75, 3.05) is 5.32 Å². The minimum absolute atomic E-state index is 0.0168. The Morgan fingerprint density at radius 2 is 2.10 bits per heavy atom. The molecular weight excluding hydrogens is 358 g/mol. The van der Waals surface area contributed by atoms with E-state index >= 15 is 0 Å². The molecule has 0 aromatic heterocycles. The molecule has 7 heteroatoms. The molecule has 0 atom stereocenters. The van der Waals surface area contributed by atoms with E-state index in [1.54, 1.807) is 30.3 Å². The molecule has 2 aromatic carbocycles. The van der Waals surface area contributed by atoms with Crippen molar-refractivity contribution in [3.8, 4) is 6.07 Å². The minimum Gasteiger partial charge on any atom is -0.381 e. The van der Waals surface area contributed by atoms with Gasteiger partial charge >= 0.3 is 0 Å². The van der Waals surface area contributed by atoms with E-state index in [-0.39, 0.29) is 5.69 Å². The topological polar surface area (TPSA) is 79.0 Å². The van der Waals surface area contributed by atoms with Crippen LogP contribution >= 0.6 is 27.5 Å². The number of nitrogens with zero attached hydrogens (tertiary/aromatic N) is 2. The third-order valence-electron chi connectivity index (χ3n) is 2.79. The molecule has 2 aromatic rings. The van der Waals surface area contributed by atoms with Crippen LogP contribution in [0.2, 0.25) is 5.02 Å². The predicted octanol–water partition coefficient (Wildman–Crippen LogP) is 4.49. The van der Waals surface area contributed by atoms with Crippen LogP contribution in [0.15, 0.2) is 40.9 Å². The molecule has 0 spiro atoms. The lowest BCUT2D eigenvalue weighted by atomic mass is 10.2. The van der Waals surface area contributed by atoms with Gasteiger partial charge in [-0.15, -0.1) is 0 Å². The van der Waals surface area contributed by atoms with Gasteiger partial charge in [0, 0.05) is 18.3 Å². The molecule has 0 aliphatic carbocycles. The van der Waals surface area contributed by atoms with Crippen LogP contribution in [0.3, 0.4) is 0 Å². The molecule has 106 valence electrons. The largest absolute Gasteiger partial charge is 0.381 e. The summed E-state index contributed by atoms with van der Waals surface area (Å²) in [6.07, 6.45) is 0. The molecule has 0 radical (unpaired) electrons. The maximum Gasteiger partial charge on any atom is 0.283 e. The Labute approximate surface area is 134 Å². The summed E-state index contributed by atoms with van der Waals surface area (Å²) in [4.78, 5) is 10.4. The highest BCUT2D eigenvalue weighted by Crippen LogP contribution is 2.26. The number of nitrogens with one attached hydrogen (secondary N) is 1. The normalized spacial score (nSPS) is 9.95. The van der Waals surface area contributed by atoms with E-state index in [9.17, 15) is 10.1 Å². The summed E-state index contributed by atoms with van der Waals surface area (Å²) < 4.78 is 0.439. The SMILES string of the molecule is N#Cc1cc(NCc2ccc(Br)c([N+](=O)[O-])c2)ccc1Cl. The van der Waals surface area contributed by atoms with Gasteiger partial charge in [0.05, 0.1) is 20.0 Å². The highest BCUT2D eigenvalue weighted by Gasteiger charge is 2.12. The summed E-state index contributed by atoms with van der Waals surface area (Å²) in [5, 5.41) is 23.3. The van der Waals surface area contributed by atoms with Crippen molar-refractivity contribution < 1.29 is 4.92 Å². The molecule has 0 bridgehead atoms. The Balaban J connectivity index is 2.15. The van der Waals surface area contributed by atoms with Crippen molar-refractivity contribution >= 4 is 38.9 Å². The van der Waals surface area contributed by atoms with E-state index in [1.165, 1.54) is 6.07 Å². The number of nitriles is 1. The fraction of sp³-hybridized carbons (Fsp3) is 0.0714. The third-order valence-corrected chi connectivity index (χ3v) is 3.79. The van der Waals surface area contributed by atoms with Gasteiger partial charge in [-0.1, -0.05) is 17.7 Å². The zero-order valence-electron chi connectivity index (χ0n) is 10.6. The lowest BCUT2D eigenvalue weighted by Gasteiger charge is -2.08. The van der Waals surface area contributed by atoms with Crippen LogP contribution in [-0.4, -0.2) is 4.92 Å². The Morgan fingerprint density at radius 1 is 1.33 bits per heavy atom. The molecule has 0 fully saturated rings. The Kier molecular flexibility index (Phi) is 4.78. The highest BCUT2D eigenvalue weighted by atomic mass is 79.9. The van der Waals surface area contributed by atoms with Crippen LogP contribution in [0.1, 0.15) is 11.1 Å². The average molecular weight is 367 g/mol. The van der Waals surface area contributed by atoms with Gasteiger partial charge < -0.3 is 5.32 Å². The van der Waals surface area contributed by atoms with E-state index < -0.39 is 4.92 Å². The fourth-order valence-electron chi connectivity index (χ4n) is 1.73. The quantitative estimate of drug-likeness (QED) is 0.638. The number of halogens is 2. The molecule has 0 aliphatic rings. The van der Waals surface area contributed by atoms with Gasteiger partial charge in [0.25, 0.3) is 5.69 Å². The number of anilines is 1. The van der Waals surface area contributed by atoms with Crippen molar-refractivity contribution in [3.63, 3.8) is 0 Å². The Hall–Kier alpha value is -2.10. The Morgan fingerprint density at radius 3 is 2.76 bits per heavy atom. The zero-order chi connectivity index (χ0) is 15.4. The van der Waals surface area contributed by atoms with Crippen molar-refractivity contribution in [3.05, 3.63) is 67.1 Å². The van der Waals surface area contributed by atoms with Gasteiger partial charge in [0.15, 0.2) is 0 Å². The smallest absolute Gasteiger partial charge is 0.283 e. The van der Waals surface area contributed by atoms with Crippen LogP contribution in [-0.2, 0) is 6.54 Å². The van der Waals surface area contributed by atoms with Gasteiger partial charge in [0.1, 0.15) is 6.07 Å². The second-order valence-electron chi connectivity index (χ2n) is 4.20. The van der Waals surface area contributed by atoms with Crippen LogP contribution < -0.4 is 5.32 Å². The van der Waals surface area contributed by atoms with E-state index in [4.69, 9.17) is 16.9 Å². The molecule has 0 aliphatic heterocycles. The molecule has 5 nitrogen and oxygen atoms in total. The molecular formula is C14H9BrClN3O2. The predicted molar refractivity (Wildman–Crippen MR) is 84.3 cm³/mol. The number of benzene rings is 2. The molecule has 1 N–H and O–H groups in total. The van der Waals surface area contributed by atoms with Gasteiger partial charge in [-0.2, -0.15) is 5.26 Å². The summed E-state index contributed by atoms with van der Waals surface area (Å²) in [6, 6.07) is 11.9. The minimum atomic E-state index is -0.441. The Bertz CT molecular complexity index is 743. The summed E-state index contributed by atoms with van der Waals surface area (Å²) in [5.41, 5.74) is 1.88. The summed E-state index contributed by atoms with van der Waals surface area (Å²) >= 11 is 9.00. The zero-order valence-corrected chi connectivity index (χ0v) is 13.0. The number of hydrogen-bond donors (Lipinski definition) is 1. The number of rotatable bonds is 4. The summed E-state index contributed by atoms with van der Waals surface area (Å²) in [7, 11) is 0. The lowest BCUT2D eigenvalue weighted by Crippen LogP contribution is -2.01. The summed E-state index contributed by atoms with van der Waals surface area (Å²) in [6.45, 7) is 0.403. The van der Waals surface area contributed by atoms with Crippen molar-refractivity contribution in [2.45, 2.75) is 6.54 Å². The van der Waals surface area contributed by atoms with E-state index in [0.717, 1.165) is 11.3 Å². The monoisotopic (exact) mass is 365 g/mol. The van der Waals surface area contributed by atoms with E-state index in [1.807, 2.05) is 6.07 Å². The third kappa shape index (κ3) is 3.72. The van der Waals surface area contributed by atoms with Crippen LogP contribution in [0.4, 0.5) is 11.4 Å². The van der Waals surface area contributed by atoms with Crippen LogP contribution in [0, 0.1) is 21.4 Å². The average Bonchev–Trinajstić information content (AvgIpc) is 2.47.